The summed E-state index contributed by atoms with van der Waals surface area (Å²) in [5.41, 5.74) is 0. The first-order chi connectivity index (χ1) is 10.3. The van der Waals surface area contributed by atoms with Crippen molar-refractivity contribution in [3.05, 3.63) is 24.3 Å². The van der Waals surface area contributed by atoms with Crippen LogP contribution < -0.4 is 9.47 Å². The molecule has 5 heteroatoms. The highest BCUT2D eigenvalue weighted by atomic mass is 16.6. The van der Waals surface area contributed by atoms with Crippen molar-refractivity contribution in [1.29, 1.82) is 0 Å². The average Bonchev–Trinajstić information content (AvgIpc) is 3.06. The molecule has 0 radical (unpaired) electrons. The second kappa shape index (κ2) is 6.35. The van der Waals surface area contributed by atoms with Gasteiger partial charge in [0.25, 0.3) is 5.91 Å². The highest BCUT2D eigenvalue weighted by molar-refractivity contribution is 5.81. The van der Waals surface area contributed by atoms with E-state index in [-0.39, 0.29) is 18.1 Å². The number of para-hydroxylation sites is 2. The second-order valence-corrected chi connectivity index (χ2v) is 5.38. The Labute approximate surface area is 124 Å². The normalized spacial score (nSPS) is 23.9. The monoisotopic (exact) mass is 291 g/mol. The first-order valence-corrected chi connectivity index (χ1v) is 7.57. The van der Waals surface area contributed by atoms with Crippen LogP contribution in [0, 0.1) is 0 Å². The lowest BCUT2D eigenvalue weighted by Crippen LogP contribution is -2.46. The molecule has 1 saturated heterocycles. The highest BCUT2D eigenvalue weighted by Gasteiger charge is 2.30. The number of hydrogen-bond donors (Lipinski definition) is 0. The molecule has 5 nitrogen and oxygen atoms in total. The third-order valence-corrected chi connectivity index (χ3v) is 3.89. The molecule has 0 saturated carbocycles. The van der Waals surface area contributed by atoms with Gasteiger partial charge in [-0.1, -0.05) is 12.1 Å². The van der Waals surface area contributed by atoms with Crippen molar-refractivity contribution in [2.45, 2.75) is 32.0 Å². The molecule has 2 unspecified atom stereocenters. The summed E-state index contributed by atoms with van der Waals surface area (Å²) >= 11 is 0. The Hall–Kier alpha value is -1.75. The fourth-order valence-corrected chi connectivity index (χ4v) is 2.75. The van der Waals surface area contributed by atoms with Gasteiger partial charge in [0.1, 0.15) is 12.7 Å². The van der Waals surface area contributed by atoms with E-state index in [1.165, 1.54) is 0 Å². The number of ether oxygens (including phenoxy) is 3. The molecular weight excluding hydrogens is 270 g/mol. The summed E-state index contributed by atoms with van der Waals surface area (Å²) in [5, 5.41) is 0. The first kappa shape index (κ1) is 14.2. The Morgan fingerprint density at radius 1 is 1.33 bits per heavy atom. The number of amides is 1. The molecule has 0 spiro atoms. The molecule has 2 atom stereocenters. The molecule has 2 aliphatic heterocycles. The Bertz CT molecular complexity index is 499. The van der Waals surface area contributed by atoms with Gasteiger partial charge in [-0.3, -0.25) is 4.79 Å². The van der Waals surface area contributed by atoms with E-state index in [1.54, 1.807) is 4.90 Å². The lowest BCUT2D eigenvalue weighted by molar-refractivity contribution is -0.142. The van der Waals surface area contributed by atoms with Gasteiger partial charge in [0.05, 0.1) is 6.54 Å². The summed E-state index contributed by atoms with van der Waals surface area (Å²) in [5.74, 6) is 1.58. The lowest BCUT2D eigenvalue weighted by atomic mass is 10.2. The maximum absolute atomic E-state index is 12.4. The topological polar surface area (TPSA) is 48.0 Å². The summed E-state index contributed by atoms with van der Waals surface area (Å²) in [7, 11) is 0. The van der Waals surface area contributed by atoms with E-state index < -0.39 is 0 Å². The van der Waals surface area contributed by atoms with Crippen molar-refractivity contribution in [2.75, 3.05) is 26.3 Å². The molecule has 2 heterocycles. The molecule has 0 aliphatic carbocycles. The van der Waals surface area contributed by atoms with Crippen LogP contribution in [0.25, 0.3) is 0 Å². The summed E-state index contributed by atoms with van der Waals surface area (Å²) in [6.07, 6.45) is 1.37. The van der Waals surface area contributed by atoms with Gasteiger partial charge in [0, 0.05) is 13.2 Å². The molecular formula is C16H21NO4. The van der Waals surface area contributed by atoms with Crippen molar-refractivity contribution >= 4 is 5.91 Å². The molecule has 1 amide bonds. The van der Waals surface area contributed by atoms with Crippen LogP contribution in [0.1, 0.15) is 19.8 Å². The zero-order valence-electron chi connectivity index (χ0n) is 12.3. The van der Waals surface area contributed by atoms with Crippen molar-refractivity contribution in [2.24, 2.45) is 0 Å². The highest BCUT2D eigenvalue weighted by Crippen LogP contribution is 2.31. The molecule has 0 bridgehead atoms. The zero-order valence-corrected chi connectivity index (χ0v) is 12.3. The molecule has 2 aliphatic rings. The standard InChI is InChI=1S/C16H21NO4/c1-2-17(16(18)15-8-5-9-19-15)10-12-11-20-13-6-3-4-7-14(13)21-12/h3-4,6-7,12,15H,2,5,8-11H2,1H3. The minimum Gasteiger partial charge on any atom is -0.486 e. The van der Waals surface area contributed by atoms with Crippen LogP contribution in [-0.4, -0.2) is 49.3 Å². The lowest BCUT2D eigenvalue weighted by Gasteiger charge is -2.31. The van der Waals surface area contributed by atoms with Gasteiger partial charge in [-0.15, -0.1) is 0 Å². The van der Waals surface area contributed by atoms with E-state index in [1.807, 2.05) is 31.2 Å². The number of carbonyl (C=O) groups is 1. The number of carbonyl (C=O) groups excluding carboxylic acids is 1. The summed E-state index contributed by atoms with van der Waals surface area (Å²) in [6, 6.07) is 7.61. The quantitative estimate of drug-likeness (QED) is 0.849. The van der Waals surface area contributed by atoms with E-state index in [9.17, 15) is 4.79 Å². The summed E-state index contributed by atoms with van der Waals surface area (Å²) in [6.45, 7) is 4.31. The van der Waals surface area contributed by atoms with Gasteiger partial charge in [-0.05, 0) is 31.9 Å². The number of fused-ring (bicyclic) bond motifs is 1. The molecule has 0 aromatic heterocycles. The van der Waals surface area contributed by atoms with Gasteiger partial charge in [0.2, 0.25) is 0 Å². The van der Waals surface area contributed by atoms with Crippen LogP contribution in [0.2, 0.25) is 0 Å². The average molecular weight is 291 g/mol. The zero-order chi connectivity index (χ0) is 14.7. The van der Waals surface area contributed by atoms with E-state index in [0.717, 1.165) is 24.3 Å². The predicted octanol–water partition coefficient (Wildman–Crippen LogP) is 1.85. The van der Waals surface area contributed by atoms with Gasteiger partial charge in [-0.25, -0.2) is 0 Å². The number of rotatable bonds is 4. The Kier molecular flexibility index (Phi) is 4.29. The van der Waals surface area contributed by atoms with Crippen molar-refractivity contribution in [3.63, 3.8) is 0 Å². The van der Waals surface area contributed by atoms with Crippen LogP contribution in [-0.2, 0) is 9.53 Å². The minimum absolute atomic E-state index is 0.0671. The van der Waals surface area contributed by atoms with Gasteiger partial charge < -0.3 is 19.1 Å². The van der Waals surface area contributed by atoms with Crippen molar-refractivity contribution < 1.29 is 19.0 Å². The third kappa shape index (κ3) is 3.13. The van der Waals surface area contributed by atoms with Gasteiger partial charge in [-0.2, -0.15) is 0 Å². The molecule has 1 aromatic carbocycles. The van der Waals surface area contributed by atoms with E-state index >= 15 is 0 Å². The number of benzene rings is 1. The number of nitrogens with zero attached hydrogens (tertiary/aromatic N) is 1. The van der Waals surface area contributed by atoms with Gasteiger partial charge >= 0.3 is 0 Å². The molecule has 0 N–H and O–H groups in total. The van der Waals surface area contributed by atoms with Gasteiger partial charge in [0.15, 0.2) is 17.6 Å². The fraction of sp³-hybridized carbons (Fsp3) is 0.562. The molecule has 1 fully saturated rings. The molecule has 3 rings (SSSR count). The van der Waals surface area contributed by atoms with Crippen LogP contribution >= 0.6 is 0 Å². The molecule has 114 valence electrons. The Morgan fingerprint density at radius 3 is 2.86 bits per heavy atom. The van der Waals surface area contributed by atoms with E-state index in [2.05, 4.69) is 0 Å². The smallest absolute Gasteiger partial charge is 0.251 e. The summed E-state index contributed by atoms with van der Waals surface area (Å²) in [4.78, 5) is 14.2. The van der Waals surface area contributed by atoms with Crippen molar-refractivity contribution in [3.8, 4) is 11.5 Å². The Morgan fingerprint density at radius 2 is 2.14 bits per heavy atom. The molecule has 1 aromatic rings. The molecule has 21 heavy (non-hydrogen) atoms. The fourth-order valence-electron chi connectivity index (χ4n) is 2.75. The van der Waals surface area contributed by atoms with E-state index in [4.69, 9.17) is 14.2 Å². The predicted molar refractivity (Wildman–Crippen MR) is 77.6 cm³/mol. The SMILES string of the molecule is CCN(CC1COc2ccccc2O1)C(=O)C1CCCO1. The van der Waals surface area contributed by atoms with Crippen LogP contribution in [0.5, 0.6) is 11.5 Å². The second-order valence-electron chi connectivity index (χ2n) is 5.38. The third-order valence-electron chi connectivity index (χ3n) is 3.89. The van der Waals surface area contributed by atoms with Crippen LogP contribution in [0.15, 0.2) is 24.3 Å². The van der Waals surface area contributed by atoms with Crippen molar-refractivity contribution in [1.82, 2.24) is 4.90 Å². The van der Waals surface area contributed by atoms with Crippen LogP contribution in [0.4, 0.5) is 0 Å². The van der Waals surface area contributed by atoms with E-state index in [0.29, 0.717) is 26.3 Å². The minimum atomic E-state index is -0.276. The number of hydrogen-bond acceptors (Lipinski definition) is 4. The Balaban J connectivity index is 1.61. The first-order valence-electron chi connectivity index (χ1n) is 7.57. The maximum atomic E-state index is 12.4. The largest absolute Gasteiger partial charge is 0.486 e. The summed E-state index contributed by atoms with van der Waals surface area (Å²) < 4.78 is 17.1. The maximum Gasteiger partial charge on any atom is 0.251 e. The number of likely N-dealkylation sites (N-methyl/N-ethyl adjacent to an activating group) is 1. The van der Waals surface area contributed by atoms with Crippen LogP contribution in [0.3, 0.4) is 0 Å².